The Morgan fingerprint density at radius 1 is 1.10 bits per heavy atom. The van der Waals surface area contributed by atoms with Gasteiger partial charge in [0.25, 0.3) is 0 Å². The molecule has 0 aromatic heterocycles. The Balaban J connectivity index is 1.43. The third kappa shape index (κ3) is 10.2. The number of aliphatic hydroxyl groups is 1. The van der Waals surface area contributed by atoms with E-state index in [-0.39, 0.29) is 11.4 Å². The van der Waals surface area contributed by atoms with Crippen molar-refractivity contribution >= 4 is 23.0 Å². The van der Waals surface area contributed by atoms with Gasteiger partial charge in [-0.15, -0.1) is 0 Å². The van der Waals surface area contributed by atoms with Crippen LogP contribution in [0.5, 0.6) is 5.75 Å². The lowest BCUT2D eigenvalue weighted by atomic mass is 9.60. The first-order chi connectivity index (χ1) is 24.5. The molecule has 1 N–H and O–H groups in total. The molecule has 1 saturated carbocycles. The van der Waals surface area contributed by atoms with Crippen LogP contribution in [0.15, 0.2) is 55.1 Å². The van der Waals surface area contributed by atoms with Gasteiger partial charge in [0.2, 0.25) is 0 Å². The van der Waals surface area contributed by atoms with Crippen molar-refractivity contribution in [1.82, 2.24) is 9.80 Å². The molecule has 1 saturated heterocycles. The zero-order valence-corrected chi connectivity index (χ0v) is 34.1. The summed E-state index contributed by atoms with van der Waals surface area (Å²) in [5, 5.41) is 11.1. The largest absolute Gasteiger partial charge is 0.491 e. The Labute approximate surface area is 315 Å². The number of nitrogens with zero attached hydrogens (tertiary/aromatic N) is 3. The van der Waals surface area contributed by atoms with Gasteiger partial charge < -0.3 is 19.6 Å². The summed E-state index contributed by atoms with van der Waals surface area (Å²) < 4.78 is 6.70. The first kappa shape index (κ1) is 39.9. The highest BCUT2D eigenvalue weighted by Gasteiger charge is 2.44. The molecule has 0 radical (unpaired) electrons. The first-order valence-electron chi connectivity index (χ1n) is 20.1. The van der Waals surface area contributed by atoms with Crippen LogP contribution in [0.4, 0.5) is 5.69 Å². The van der Waals surface area contributed by atoms with Crippen LogP contribution in [0.3, 0.4) is 0 Å². The number of hydrogen-bond acceptors (Lipinski definition) is 6. The second-order valence-electron chi connectivity index (χ2n) is 16.5. The summed E-state index contributed by atoms with van der Waals surface area (Å²) in [6.07, 6.45) is 12.1. The van der Waals surface area contributed by atoms with Crippen LogP contribution >= 0.6 is 11.8 Å². The van der Waals surface area contributed by atoms with Crippen molar-refractivity contribution in [3.63, 3.8) is 0 Å². The molecule has 7 unspecified atom stereocenters. The van der Waals surface area contributed by atoms with Crippen molar-refractivity contribution in [2.45, 2.75) is 104 Å². The number of allylic oxidation sites excluding steroid dienone is 1. The first-order valence-corrected chi connectivity index (χ1v) is 21.4. The summed E-state index contributed by atoms with van der Waals surface area (Å²) in [5.41, 5.74) is 7.78. The molecule has 0 amide bonds. The fraction of sp³-hybridized carbons (Fsp3) is 0.644. The van der Waals surface area contributed by atoms with Gasteiger partial charge in [-0.2, -0.15) is 11.8 Å². The van der Waals surface area contributed by atoms with E-state index in [1.54, 1.807) is 11.8 Å². The van der Waals surface area contributed by atoms with E-state index >= 15 is 0 Å². The maximum atomic E-state index is 10.8. The quantitative estimate of drug-likeness (QED) is 0.186. The average molecular weight is 716 g/mol. The van der Waals surface area contributed by atoms with Crippen molar-refractivity contribution in [3.05, 3.63) is 77.4 Å². The fourth-order valence-corrected chi connectivity index (χ4v) is 9.30. The van der Waals surface area contributed by atoms with Gasteiger partial charge in [0.05, 0.1) is 18.4 Å². The molecule has 5 rings (SSSR count). The van der Waals surface area contributed by atoms with Crippen LogP contribution in [-0.4, -0.2) is 91.0 Å². The molecule has 1 aliphatic carbocycles. The number of anilines is 1. The number of aliphatic hydroxyl groups excluding tert-OH is 1. The van der Waals surface area contributed by atoms with E-state index in [1.807, 2.05) is 0 Å². The van der Waals surface area contributed by atoms with Gasteiger partial charge in [-0.25, -0.2) is 0 Å². The molecule has 2 heterocycles. The molecule has 282 valence electrons. The van der Waals surface area contributed by atoms with Crippen molar-refractivity contribution in [2.75, 3.05) is 63.6 Å². The van der Waals surface area contributed by atoms with E-state index in [9.17, 15) is 5.11 Å². The van der Waals surface area contributed by atoms with Gasteiger partial charge in [0, 0.05) is 49.9 Å². The van der Waals surface area contributed by atoms with Crippen LogP contribution in [-0.2, 0) is 6.42 Å². The lowest BCUT2D eigenvalue weighted by Crippen LogP contribution is -2.49. The summed E-state index contributed by atoms with van der Waals surface area (Å²) in [4.78, 5) is 8.09. The Hall–Kier alpha value is -2.25. The molecule has 5 nitrogen and oxygen atoms in total. The second kappa shape index (κ2) is 18.7. The smallest absolute Gasteiger partial charge is 0.142 e. The van der Waals surface area contributed by atoms with E-state index in [1.165, 1.54) is 53.9 Å². The molecule has 0 spiro atoms. The van der Waals surface area contributed by atoms with E-state index in [2.05, 4.69) is 125 Å². The Bertz CT molecular complexity index is 1460. The highest BCUT2D eigenvalue weighted by molar-refractivity contribution is 7.99. The van der Waals surface area contributed by atoms with Gasteiger partial charge in [0.15, 0.2) is 0 Å². The molecule has 6 heteroatoms. The Morgan fingerprint density at radius 3 is 2.61 bits per heavy atom. The third-order valence-corrected chi connectivity index (χ3v) is 13.4. The number of aryl methyl sites for hydroxylation is 2. The number of ether oxygens (including phenoxy) is 1. The van der Waals surface area contributed by atoms with Crippen molar-refractivity contribution in [3.8, 4) is 5.75 Å². The van der Waals surface area contributed by atoms with E-state index in [0.29, 0.717) is 42.2 Å². The minimum atomic E-state index is -0.307. The fourth-order valence-electron chi connectivity index (χ4n) is 8.87. The normalized spacial score (nSPS) is 25.1. The number of benzene rings is 2. The average Bonchev–Trinajstić information content (AvgIpc) is 3.45. The van der Waals surface area contributed by atoms with Crippen LogP contribution < -0.4 is 9.64 Å². The highest BCUT2D eigenvalue weighted by atomic mass is 32.2. The number of rotatable bonds is 15. The molecule has 2 aliphatic heterocycles. The monoisotopic (exact) mass is 716 g/mol. The third-order valence-electron chi connectivity index (χ3n) is 12.3. The maximum Gasteiger partial charge on any atom is 0.142 e. The maximum absolute atomic E-state index is 10.8. The number of fused-ring (bicyclic) bond motifs is 1. The second-order valence-corrected chi connectivity index (χ2v) is 17.7. The van der Waals surface area contributed by atoms with Gasteiger partial charge in [-0.05, 0) is 125 Å². The topological polar surface area (TPSA) is 39.2 Å². The zero-order valence-electron chi connectivity index (χ0n) is 33.2. The molecule has 51 heavy (non-hydrogen) atoms. The molecule has 0 bridgehead atoms. The van der Waals surface area contributed by atoms with E-state index in [0.717, 1.165) is 63.3 Å². The summed E-state index contributed by atoms with van der Waals surface area (Å²) in [5.74, 6) is 3.64. The van der Waals surface area contributed by atoms with Gasteiger partial charge in [-0.3, -0.25) is 4.90 Å². The van der Waals surface area contributed by atoms with Crippen LogP contribution in [0.2, 0.25) is 0 Å². The number of thioether (sulfide) groups is 1. The molecule has 7 atom stereocenters. The minimum Gasteiger partial charge on any atom is -0.491 e. The van der Waals surface area contributed by atoms with Gasteiger partial charge in [0.1, 0.15) is 5.75 Å². The number of hydrogen-bond donors (Lipinski definition) is 1. The summed E-state index contributed by atoms with van der Waals surface area (Å²) in [6, 6.07) is 14.4. The molecular weight excluding hydrogens is 647 g/mol. The summed E-state index contributed by atoms with van der Waals surface area (Å²) in [6.45, 7) is 28.7. The standard InChI is InChI=1S/C45H69N3O2S/c1-10-13-37-24-33(6)16-18-40(37)39-28-48(43-26-36(31(2)3)17-19-45(43)50-30-39)29-42-34(7)25-41(42)38(14-11-15-44(49)35(8)51-9)27-46-20-12-21-47(23-22-46)32(4)5/h11,14,16-19,24,26,32,34-35,38-39,41-42,44,49H,2,10,12-13,15,20-23,25,27-30H2,1,3-9H3/b14-11+. The van der Waals surface area contributed by atoms with Crippen LogP contribution in [0, 0.1) is 30.6 Å². The van der Waals surface area contributed by atoms with E-state index in [4.69, 9.17) is 4.74 Å². The lowest BCUT2D eigenvalue weighted by Gasteiger charge is -2.50. The predicted octanol–water partition coefficient (Wildman–Crippen LogP) is 9.33. The van der Waals surface area contributed by atoms with Gasteiger partial charge in [-0.1, -0.05) is 81.3 Å². The predicted molar refractivity (Wildman–Crippen MR) is 222 cm³/mol. The van der Waals surface area contributed by atoms with Crippen LogP contribution in [0.25, 0.3) is 5.57 Å². The molecule has 2 aromatic rings. The van der Waals surface area contributed by atoms with Gasteiger partial charge >= 0.3 is 0 Å². The molecule has 2 aromatic carbocycles. The highest BCUT2D eigenvalue weighted by Crippen LogP contribution is 2.48. The minimum absolute atomic E-state index is 0.242. The van der Waals surface area contributed by atoms with Crippen molar-refractivity contribution < 1.29 is 9.84 Å². The summed E-state index contributed by atoms with van der Waals surface area (Å²) >= 11 is 1.75. The SMILES string of the molecule is C=C(C)c1ccc2c(c1)N(CC1C(C)CC1C(/C=C/CC(O)C(C)SC)CN1CCCN(C(C)C)CC1)CC(c1ccc(C)cc1CCC)CO2. The Kier molecular flexibility index (Phi) is 14.6. The van der Waals surface area contributed by atoms with Crippen LogP contribution in [0.1, 0.15) is 95.4 Å². The molecule has 2 fully saturated rings. The van der Waals surface area contributed by atoms with E-state index < -0.39 is 0 Å². The van der Waals surface area contributed by atoms with Crippen molar-refractivity contribution in [1.29, 1.82) is 0 Å². The Morgan fingerprint density at radius 2 is 1.90 bits per heavy atom. The molecule has 3 aliphatic rings. The summed E-state index contributed by atoms with van der Waals surface area (Å²) in [7, 11) is 0. The molecular formula is C45H69N3O2S. The van der Waals surface area contributed by atoms with Crippen molar-refractivity contribution in [2.24, 2.45) is 23.7 Å². The zero-order chi connectivity index (χ0) is 36.7. The lowest BCUT2D eigenvalue weighted by molar-refractivity contribution is 0.0408.